The molecule has 1 aliphatic heterocycles. The molecule has 134 valence electrons. The summed E-state index contributed by atoms with van der Waals surface area (Å²) >= 11 is 0. The fourth-order valence-electron chi connectivity index (χ4n) is 2.99. The SMILES string of the molecule is CC(=O)c1ccc(Oc2ccc(C(=O)N3CCCC3C(=O)O)cc2)cc1. The summed E-state index contributed by atoms with van der Waals surface area (Å²) in [5.74, 6) is -0.133. The summed E-state index contributed by atoms with van der Waals surface area (Å²) in [6, 6.07) is 12.6. The van der Waals surface area contributed by atoms with Gasteiger partial charge in [-0.2, -0.15) is 0 Å². The predicted molar refractivity (Wildman–Crippen MR) is 94.7 cm³/mol. The molecule has 6 nitrogen and oxygen atoms in total. The molecule has 0 spiro atoms. The lowest BCUT2D eigenvalue weighted by Crippen LogP contribution is -2.40. The van der Waals surface area contributed by atoms with Gasteiger partial charge in [-0.25, -0.2) is 4.79 Å². The van der Waals surface area contributed by atoms with Crippen LogP contribution in [0, 0.1) is 0 Å². The first kappa shape index (κ1) is 17.7. The number of carboxylic acids is 1. The lowest BCUT2D eigenvalue weighted by Gasteiger charge is -2.21. The van der Waals surface area contributed by atoms with E-state index in [1.165, 1.54) is 11.8 Å². The van der Waals surface area contributed by atoms with Crippen LogP contribution in [0.15, 0.2) is 48.5 Å². The number of benzene rings is 2. The molecule has 0 radical (unpaired) electrons. The van der Waals surface area contributed by atoms with Crippen LogP contribution in [0.4, 0.5) is 0 Å². The summed E-state index contributed by atoms with van der Waals surface area (Å²) in [6.45, 7) is 1.96. The number of nitrogens with zero attached hydrogens (tertiary/aromatic N) is 1. The number of Topliss-reactive ketones (excluding diaryl/α,β-unsaturated/α-hetero) is 1. The van der Waals surface area contributed by atoms with Gasteiger partial charge in [-0.05, 0) is 68.3 Å². The normalized spacial score (nSPS) is 16.3. The molecule has 1 fully saturated rings. The molecule has 0 bridgehead atoms. The number of carboxylic acid groups (broad SMARTS) is 1. The number of likely N-dealkylation sites (tertiary alicyclic amines) is 1. The molecule has 0 aliphatic carbocycles. The zero-order valence-electron chi connectivity index (χ0n) is 14.3. The number of carbonyl (C=O) groups is 3. The number of rotatable bonds is 5. The Morgan fingerprint density at radius 3 is 2.00 bits per heavy atom. The molecule has 1 atom stereocenters. The summed E-state index contributed by atoms with van der Waals surface area (Å²) in [5.41, 5.74) is 1.04. The maximum atomic E-state index is 12.5. The van der Waals surface area contributed by atoms with Gasteiger partial charge >= 0.3 is 5.97 Å². The zero-order valence-corrected chi connectivity index (χ0v) is 14.3. The molecule has 3 rings (SSSR count). The molecule has 1 amide bonds. The highest BCUT2D eigenvalue weighted by atomic mass is 16.5. The van der Waals surface area contributed by atoms with Crippen LogP contribution in [0.5, 0.6) is 11.5 Å². The number of aliphatic carboxylic acids is 1. The van der Waals surface area contributed by atoms with Crippen molar-refractivity contribution in [2.75, 3.05) is 6.54 Å². The number of ketones is 1. The van der Waals surface area contributed by atoms with Crippen molar-refractivity contribution >= 4 is 17.7 Å². The average molecular weight is 353 g/mol. The van der Waals surface area contributed by atoms with Gasteiger partial charge in [-0.3, -0.25) is 9.59 Å². The molecule has 6 heteroatoms. The highest BCUT2D eigenvalue weighted by molar-refractivity contribution is 5.97. The van der Waals surface area contributed by atoms with Crippen LogP contribution in [0.1, 0.15) is 40.5 Å². The summed E-state index contributed by atoms with van der Waals surface area (Å²) in [4.78, 5) is 36.4. The van der Waals surface area contributed by atoms with E-state index in [4.69, 9.17) is 4.74 Å². The largest absolute Gasteiger partial charge is 0.480 e. The van der Waals surface area contributed by atoms with Crippen molar-refractivity contribution in [3.8, 4) is 11.5 Å². The minimum Gasteiger partial charge on any atom is -0.480 e. The lowest BCUT2D eigenvalue weighted by molar-refractivity contribution is -0.141. The van der Waals surface area contributed by atoms with Crippen LogP contribution in [-0.2, 0) is 4.79 Å². The molecule has 1 unspecified atom stereocenters. The number of carbonyl (C=O) groups excluding carboxylic acids is 2. The molecule has 2 aromatic rings. The van der Waals surface area contributed by atoms with E-state index in [1.54, 1.807) is 48.5 Å². The molecule has 2 aromatic carbocycles. The van der Waals surface area contributed by atoms with E-state index in [9.17, 15) is 19.5 Å². The summed E-state index contributed by atoms with van der Waals surface area (Å²) in [7, 11) is 0. The van der Waals surface area contributed by atoms with E-state index in [-0.39, 0.29) is 11.7 Å². The second-order valence-corrected chi connectivity index (χ2v) is 6.20. The van der Waals surface area contributed by atoms with Gasteiger partial charge in [0.25, 0.3) is 5.91 Å². The highest BCUT2D eigenvalue weighted by Gasteiger charge is 2.34. The molecule has 1 heterocycles. The average Bonchev–Trinajstić information content (AvgIpc) is 3.12. The van der Waals surface area contributed by atoms with Crippen LogP contribution in [0.3, 0.4) is 0 Å². The Labute approximate surface area is 151 Å². The first-order valence-electron chi connectivity index (χ1n) is 8.38. The summed E-state index contributed by atoms with van der Waals surface area (Å²) in [5, 5.41) is 9.21. The van der Waals surface area contributed by atoms with Gasteiger partial charge < -0.3 is 14.7 Å². The van der Waals surface area contributed by atoms with Gasteiger partial charge in [0, 0.05) is 17.7 Å². The second-order valence-electron chi connectivity index (χ2n) is 6.20. The van der Waals surface area contributed by atoms with Gasteiger partial charge in [0.1, 0.15) is 17.5 Å². The van der Waals surface area contributed by atoms with E-state index < -0.39 is 12.0 Å². The number of amides is 1. The first-order chi connectivity index (χ1) is 12.5. The fraction of sp³-hybridized carbons (Fsp3) is 0.250. The lowest BCUT2D eigenvalue weighted by atomic mass is 10.1. The monoisotopic (exact) mass is 353 g/mol. The molecule has 1 aliphatic rings. The third-order valence-corrected chi connectivity index (χ3v) is 4.40. The number of ether oxygens (including phenoxy) is 1. The quantitative estimate of drug-likeness (QED) is 0.833. The van der Waals surface area contributed by atoms with Crippen molar-refractivity contribution in [2.24, 2.45) is 0 Å². The van der Waals surface area contributed by atoms with Crippen LogP contribution in [-0.4, -0.2) is 40.3 Å². The minimum absolute atomic E-state index is 0.0130. The maximum Gasteiger partial charge on any atom is 0.326 e. The third kappa shape index (κ3) is 3.74. The molecule has 1 saturated heterocycles. The van der Waals surface area contributed by atoms with Gasteiger partial charge in [0.05, 0.1) is 0 Å². The Morgan fingerprint density at radius 2 is 1.50 bits per heavy atom. The Hall–Kier alpha value is -3.15. The second kappa shape index (κ2) is 7.39. The summed E-state index contributed by atoms with van der Waals surface area (Å²) in [6.07, 6.45) is 1.18. The molecular weight excluding hydrogens is 334 g/mol. The maximum absolute atomic E-state index is 12.5. The van der Waals surface area contributed by atoms with Crippen LogP contribution in [0.2, 0.25) is 0 Å². The van der Waals surface area contributed by atoms with E-state index >= 15 is 0 Å². The Kier molecular flexibility index (Phi) is 5.02. The number of hydrogen-bond acceptors (Lipinski definition) is 4. The fourth-order valence-corrected chi connectivity index (χ4v) is 2.99. The van der Waals surface area contributed by atoms with Crippen molar-refractivity contribution in [3.05, 3.63) is 59.7 Å². The van der Waals surface area contributed by atoms with Gasteiger partial charge in [-0.15, -0.1) is 0 Å². The van der Waals surface area contributed by atoms with E-state index in [2.05, 4.69) is 0 Å². The first-order valence-corrected chi connectivity index (χ1v) is 8.38. The van der Waals surface area contributed by atoms with Gasteiger partial charge in [0.15, 0.2) is 5.78 Å². The predicted octanol–water partition coefficient (Wildman–Crippen LogP) is 3.37. The van der Waals surface area contributed by atoms with E-state index in [0.29, 0.717) is 42.0 Å². The standard InChI is InChI=1S/C20H19NO5/c1-13(22)14-4-8-16(9-5-14)26-17-10-6-15(7-11-17)19(23)21-12-2-3-18(21)20(24)25/h4-11,18H,2-3,12H2,1H3,(H,24,25). The molecule has 0 aromatic heterocycles. The van der Waals surface area contributed by atoms with E-state index in [1.807, 2.05) is 0 Å². The number of hydrogen-bond donors (Lipinski definition) is 1. The van der Waals surface area contributed by atoms with Gasteiger partial charge in [-0.1, -0.05) is 0 Å². The summed E-state index contributed by atoms with van der Waals surface area (Å²) < 4.78 is 5.70. The van der Waals surface area contributed by atoms with E-state index in [0.717, 1.165) is 0 Å². The smallest absolute Gasteiger partial charge is 0.326 e. The van der Waals surface area contributed by atoms with Crippen molar-refractivity contribution < 1.29 is 24.2 Å². The third-order valence-electron chi connectivity index (χ3n) is 4.40. The van der Waals surface area contributed by atoms with Gasteiger partial charge in [0.2, 0.25) is 0 Å². The van der Waals surface area contributed by atoms with Crippen molar-refractivity contribution in [1.29, 1.82) is 0 Å². The molecular formula is C20H19NO5. The molecule has 0 saturated carbocycles. The van der Waals surface area contributed by atoms with Crippen molar-refractivity contribution in [2.45, 2.75) is 25.8 Å². The Balaban J connectivity index is 1.69. The topological polar surface area (TPSA) is 83.9 Å². The molecule has 1 N–H and O–H groups in total. The zero-order chi connectivity index (χ0) is 18.7. The molecule has 26 heavy (non-hydrogen) atoms. The van der Waals surface area contributed by atoms with Crippen molar-refractivity contribution in [1.82, 2.24) is 4.90 Å². The Bertz CT molecular complexity index is 826. The van der Waals surface area contributed by atoms with Crippen molar-refractivity contribution in [3.63, 3.8) is 0 Å². The minimum atomic E-state index is -0.968. The van der Waals surface area contributed by atoms with Crippen LogP contribution in [0.25, 0.3) is 0 Å². The van der Waals surface area contributed by atoms with Crippen LogP contribution >= 0.6 is 0 Å². The Morgan fingerprint density at radius 1 is 0.962 bits per heavy atom. The highest BCUT2D eigenvalue weighted by Crippen LogP contribution is 2.24. The van der Waals surface area contributed by atoms with Crippen LogP contribution < -0.4 is 4.74 Å².